The lowest BCUT2D eigenvalue weighted by Crippen LogP contribution is -2.23. The van der Waals surface area contributed by atoms with Gasteiger partial charge in [-0.3, -0.25) is 4.79 Å². The zero-order chi connectivity index (χ0) is 22.8. The Morgan fingerprint density at radius 2 is 1.77 bits per heavy atom. The minimum absolute atomic E-state index is 0.00275. The normalized spacial score (nSPS) is 11.5. The van der Waals surface area contributed by atoms with Crippen molar-refractivity contribution in [1.29, 1.82) is 0 Å². The van der Waals surface area contributed by atoms with Crippen molar-refractivity contribution in [2.45, 2.75) is 25.7 Å². The molecule has 0 radical (unpaired) electrons. The van der Waals surface area contributed by atoms with Crippen molar-refractivity contribution >= 4 is 21.6 Å². The van der Waals surface area contributed by atoms with Gasteiger partial charge in [-0.1, -0.05) is 0 Å². The number of anilines is 1. The van der Waals surface area contributed by atoms with Crippen LogP contribution >= 0.6 is 0 Å². The third-order valence-electron chi connectivity index (χ3n) is 4.64. The molecule has 0 saturated carbocycles. The molecule has 0 bridgehead atoms. The van der Waals surface area contributed by atoms with Gasteiger partial charge in [0, 0.05) is 31.0 Å². The Kier molecular flexibility index (Phi) is 6.47. The average molecular weight is 443 g/mol. The van der Waals surface area contributed by atoms with Crippen LogP contribution in [-0.2, 0) is 10.0 Å². The number of benzene rings is 2. The number of carbonyl (C=O) groups is 1. The van der Waals surface area contributed by atoms with Gasteiger partial charge in [-0.2, -0.15) is 5.10 Å². The Balaban J connectivity index is 1.85. The van der Waals surface area contributed by atoms with Gasteiger partial charge in [-0.25, -0.2) is 17.4 Å². The molecule has 0 fully saturated rings. The summed E-state index contributed by atoms with van der Waals surface area (Å²) in [5.41, 5.74) is 3.56. The molecule has 164 valence electrons. The Morgan fingerprint density at radius 3 is 2.32 bits per heavy atom. The Labute approximate surface area is 182 Å². The number of nitrogens with one attached hydrogen (secondary N) is 1. The van der Waals surface area contributed by atoms with E-state index >= 15 is 0 Å². The number of hydrogen-bond acceptors (Lipinski definition) is 5. The molecule has 8 nitrogen and oxygen atoms in total. The van der Waals surface area contributed by atoms with E-state index < -0.39 is 10.0 Å². The molecule has 0 unspecified atom stereocenters. The zero-order valence-electron chi connectivity index (χ0n) is 18.2. The van der Waals surface area contributed by atoms with E-state index in [4.69, 9.17) is 4.74 Å². The van der Waals surface area contributed by atoms with Crippen molar-refractivity contribution in [3.05, 3.63) is 65.5 Å². The zero-order valence-corrected chi connectivity index (χ0v) is 19.0. The Hall–Kier alpha value is -3.17. The second kappa shape index (κ2) is 8.91. The van der Waals surface area contributed by atoms with E-state index in [0.717, 1.165) is 21.4 Å². The number of sulfonamides is 1. The number of hydrogen-bond donors (Lipinski definition) is 1. The molecule has 31 heavy (non-hydrogen) atoms. The van der Waals surface area contributed by atoms with Crippen molar-refractivity contribution in [2.24, 2.45) is 0 Å². The van der Waals surface area contributed by atoms with Crippen LogP contribution in [0, 0.1) is 13.8 Å². The van der Waals surface area contributed by atoms with Crippen LogP contribution < -0.4 is 10.1 Å². The fourth-order valence-corrected chi connectivity index (χ4v) is 4.16. The van der Waals surface area contributed by atoms with Gasteiger partial charge in [-0.05, 0) is 69.3 Å². The predicted octanol–water partition coefficient (Wildman–Crippen LogP) is 3.39. The van der Waals surface area contributed by atoms with Gasteiger partial charge < -0.3 is 10.1 Å². The SMILES string of the molecule is CCOc1ccc(NC(=O)c2ccc(-n3nc(C)cc3C)cc2)cc1S(=O)(=O)N(C)C. The molecule has 1 aromatic heterocycles. The Morgan fingerprint density at radius 1 is 1.10 bits per heavy atom. The lowest BCUT2D eigenvalue weighted by molar-refractivity contribution is 0.102. The summed E-state index contributed by atoms with van der Waals surface area (Å²) in [6, 6.07) is 13.6. The van der Waals surface area contributed by atoms with E-state index in [1.165, 1.54) is 20.2 Å². The fraction of sp³-hybridized carbons (Fsp3) is 0.273. The molecule has 3 aromatic rings. The highest BCUT2D eigenvalue weighted by molar-refractivity contribution is 7.89. The summed E-state index contributed by atoms with van der Waals surface area (Å²) < 4.78 is 33.7. The smallest absolute Gasteiger partial charge is 0.255 e. The third-order valence-corrected chi connectivity index (χ3v) is 6.48. The molecule has 1 N–H and O–H groups in total. The van der Waals surface area contributed by atoms with Crippen LogP contribution in [-0.4, -0.2) is 49.1 Å². The van der Waals surface area contributed by atoms with Gasteiger partial charge in [0.2, 0.25) is 10.0 Å². The molecule has 0 aliphatic heterocycles. The molecule has 1 amide bonds. The number of aryl methyl sites for hydroxylation is 2. The van der Waals surface area contributed by atoms with Crippen molar-refractivity contribution in [2.75, 3.05) is 26.0 Å². The number of aromatic nitrogens is 2. The largest absolute Gasteiger partial charge is 0.492 e. The fourth-order valence-electron chi connectivity index (χ4n) is 3.11. The summed E-state index contributed by atoms with van der Waals surface area (Å²) >= 11 is 0. The first-order chi connectivity index (χ1) is 14.6. The van der Waals surface area contributed by atoms with E-state index in [0.29, 0.717) is 17.9 Å². The van der Waals surface area contributed by atoms with E-state index in [9.17, 15) is 13.2 Å². The van der Waals surface area contributed by atoms with Crippen LogP contribution in [0.2, 0.25) is 0 Å². The summed E-state index contributed by atoms with van der Waals surface area (Å²) in [6.45, 7) is 5.99. The van der Waals surface area contributed by atoms with Gasteiger partial charge >= 0.3 is 0 Å². The van der Waals surface area contributed by atoms with Crippen LogP contribution in [0.4, 0.5) is 5.69 Å². The summed E-state index contributed by atoms with van der Waals surface area (Å²) in [4.78, 5) is 12.7. The van der Waals surface area contributed by atoms with E-state index in [1.807, 2.05) is 36.7 Å². The second-order valence-corrected chi connectivity index (χ2v) is 9.34. The minimum atomic E-state index is -3.74. The van der Waals surface area contributed by atoms with Crippen LogP contribution in [0.5, 0.6) is 5.75 Å². The van der Waals surface area contributed by atoms with Crippen molar-refractivity contribution in [3.8, 4) is 11.4 Å². The first-order valence-corrected chi connectivity index (χ1v) is 11.2. The van der Waals surface area contributed by atoms with E-state index in [1.54, 1.807) is 31.2 Å². The summed E-state index contributed by atoms with van der Waals surface area (Å²) in [6.07, 6.45) is 0. The quantitative estimate of drug-likeness (QED) is 0.605. The summed E-state index contributed by atoms with van der Waals surface area (Å²) in [7, 11) is -0.853. The van der Waals surface area contributed by atoms with Gasteiger partial charge in [0.25, 0.3) is 5.91 Å². The maximum Gasteiger partial charge on any atom is 0.255 e. The first kappa shape index (κ1) is 22.5. The highest BCUT2D eigenvalue weighted by Gasteiger charge is 2.23. The highest BCUT2D eigenvalue weighted by atomic mass is 32.2. The van der Waals surface area contributed by atoms with Crippen LogP contribution in [0.3, 0.4) is 0 Å². The van der Waals surface area contributed by atoms with Crippen LogP contribution in [0.15, 0.2) is 53.4 Å². The minimum Gasteiger partial charge on any atom is -0.492 e. The third kappa shape index (κ3) is 4.78. The number of nitrogens with zero attached hydrogens (tertiary/aromatic N) is 3. The molecule has 2 aromatic carbocycles. The molecule has 0 aliphatic carbocycles. The van der Waals surface area contributed by atoms with Gasteiger partial charge in [-0.15, -0.1) is 0 Å². The average Bonchev–Trinajstić information content (AvgIpc) is 3.07. The number of ether oxygens (including phenoxy) is 1. The van der Waals surface area contributed by atoms with E-state index in [-0.39, 0.29) is 16.6 Å². The maximum absolute atomic E-state index is 12.7. The Bertz CT molecular complexity index is 1200. The molecule has 0 spiro atoms. The summed E-state index contributed by atoms with van der Waals surface area (Å²) in [5, 5.41) is 7.19. The maximum atomic E-state index is 12.7. The summed E-state index contributed by atoms with van der Waals surface area (Å²) in [5.74, 6) is -0.110. The molecule has 0 atom stereocenters. The molecule has 1 heterocycles. The molecule has 9 heteroatoms. The van der Waals surface area contributed by atoms with Gasteiger partial charge in [0.15, 0.2) is 0 Å². The number of rotatable bonds is 7. The highest BCUT2D eigenvalue weighted by Crippen LogP contribution is 2.29. The molecule has 0 aliphatic rings. The van der Waals surface area contributed by atoms with Crippen LogP contribution in [0.1, 0.15) is 28.7 Å². The second-order valence-electron chi connectivity index (χ2n) is 7.22. The number of carbonyl (C=O) groups excluding carboxylic acids is 1. The molecule has 3 rings (SSSR count). The standard InChI is InChI=1S/C22H26N4O4S/c1-6-30-20-12-9-18(14-21(20)31(28,29)25(4)5)23-22(27)17-7-10-19(11-8-17)26-16(3)13-15(2)24-26/h7-14H,6H2,1-5H3,(H,23,27). The van der Waals surface area contributed by atoms with E-state index in [2.05, 4.69) is 10.4 Å². The number of amides is 1. The predicted molar refractivity (Wildman–Crippen MR) is 119 cm³/mol. The van der Waals surface area contributed by atoms with Crippen molar-refractivity contribution < 1.29 is 17.9 Å². The molecular formula is C22H26N4O4S. The lowest BCUT2D eigenvalue weighted by Gasteiger charge is -2.16. The van der Waals surface area contributed by atoms with Crippen molar-refractivity contribution in [1.82, 2.24) is 14.1 Å². The van der Waals surface area contributed by atoms with Gasteiger partial charge in [0.1, 0.15) is 10.6 Å². The monoisotopic (exact) mass is 442 g/mol. The first-order valence-electron chi connectivity index (χ1n) is 9.78. The van der Waals surface area contributed by atoms with Crippen LogP contribution in [0.25, 0.3) is 5.69 Å². The van der Waals surface area contributed by atoms with Crippen molar-refractivity contribution in [3.63, 3.8) is 0 Å². The molecular weight excluding hydrogens is 416 g/mol. The lowest BCUT2D eigenvalue weighted by atomic mass is 10.2. The molecule has 0 saturated heterocycles. The topological polar surface area (TPSA) is 93.5 Å². The van der Waals surface area contributed by atoms with Gasteiger partial charge in [0.05, 0.1) is 18.0 Å².